The third-order valence-electron chi connectivity index (χ3n) is 3.06. The van der Waals surface area contributed by atoms with Gasteiger partial charge >= 0.3 is 0 Å². The summed E-state index contributed by atoms with van der Waals surface area (Å²) in [7, 11) is 0. The average molecular weight is 222 g/mol. The Morgan fingerprint density at radius 2 is 1.65 bits per heavy atom. The predicted octanol–water partition coefficient (Wildman–Crippen LogP) is 3.76. The summed E-state index contributed by atoms with van der Waals surface area (Å²) in [5.41, 5.74) is 3.57. The van der Waals surface area contributed by atoms with Crippen molar-refractivity contribution in [3.8, 4) is 0 Å². The normalized spacial score (nSPS) is 14.2. The van der Waals surface area contributed by atoms with Gasteiger partial charge in [0.25, 0.3) is 0 Å². The van der Waals surface area contributed by atoms with Gasteiger partial charge in [-0.2, -0.15) is 0 Å². The molecule has 2 aromatic carbocycles. The molecule has 1 aliphatic heterocycles. The molecule has 0 unspecified atom stereocenters. The number of para-hydroxylation sites is 2. The van der Waals surface area contributed by atoms with Crippen LogP contribution in [0.1, 0.15) is 12.5 Å². The topological polar surface area (TPSA) is 15.6 Å². The minimum atomic E-state index is 0.898. The van der Waals surface area contributed by atoms with Crippen molar-refractivity contribution in [1.29, 1.82) is 0 Å². The molecular weight excluding hydrogens is 208 g/mol. The van der Waals surface area contributed by atoms with Gasteiger partial charge in [-0.3, -0.25) is 0 Å². The number of aliphatic imine (C=N–C) groups is 1. The zero-order chi connectivity index (χ0) is 11.7. The molecule has 84 valence electrons. The largest absolute Gasteiger partial charge is 0.326 e. The number of anilines is 1. The van der Waals surface area contributed by atoms with Crippen LogP contribution in [0.4, 0.5) is 11.4 Å². The molecule has 17 heavy (non-hydrogen) atoms. The molecule has 1 heterocycles. The summed E-state index contributed by atoms with van der Waals surface area (Å²) >= 11 is 0. The van der Waals surface area contributed by atoms with Gasteiger partial charge in [0, 0.05) is 5.69 Å². The molecule has 0 atom stereocenters. The van der Waals surface area contributed by atoms with Crippen molar-refractivity contribution in [2.45, 2.75) is 13.5 Å². The van der Waals surface area contributed by atoms with Crippen molar-refractivity contribution in [3.05, 3.63) is 60.2 Å². The van der Waals surface area contributed by atoms with E-state index in [9.17, 15) is 0 Å². The fraction of sp³-hybridized carbons (Fsp3) is 0.133. The number of hydrogen-bond acceptors (Lipinski definition) is 2. The highest BCUT2D eigenvalue weighted by Gasteiger charge is 2.17. The van der Waals surface area contributed by atoms with Crippen molar-refractivity contribution in [3.63, 3.8) is 0 Å². The molecule has 2 nitrogen and oxygen atoms in total. The van der Waals surface area contributed by atoms with Crippen LogP contribution < -0.4 is 4.90 Å². The van der Waals surface area contributed by atoms with E-state index < -0.39 is 0 Å². The SMILES string of the molecule is CC1=Nc2ccccc2CN1c1ccccc1. The summed E-state index contributed by atoms with van der Waals surface area (Å²) in [6, 6.07) is 18.7. The fourth-order valence-corrected chi connectivity index (χ4v) is 2.16. The zero-order valence-corrected chi connectivity index (χ0v) is 9.80. The smallest absolute Gasteiger partial charge is 0.106 e. The van der Waals surface area contributed by atoms with Gasteiger partial charge in [0.1, 0.15) is 5.84 Å². The van der Waals surface area contributed by atoms with Crippen molar-refractivity contribution < 1.29 is 0 Å². The van der Waals surface area contributed by atoms with E-state index in [-0.39, 0.29) is 0 Å². The monoisotopic (exact) mass is 222 g/mol. The van der Waals surface area contributed by atoms with E-state index in [0.29, 0.717) is 0 Å². The van der Waals surface area contributed by atoms with Gasteiger partial charge in [-0.15, -0.1) is 0 Å². The van der Waals surface area contributed by atoms with E-state index in [0.717, 1.165) is 18.1 Å². The van der Waals surface area contributed by atoms with E-state index in [1.54, 1.807) is 0 Å². The highest BCUT2D eigenvalue weighted by Crippen LogP contribution is 2.28. The molecule has 2 aromatic rings. The molecule has 0 bridgehead atoms. The Labute approximate surface area is 101 Å². The number of nitrogens with zero attached hydrogens (tertiary/aromatic N) is 2. The molecule has 0 aliphatic carbocycles. The third kappa shape index (κ3) is 1.82. The lowest BCUT2D eigenvalue weighted by Gasteiger charge is -2.28. The average Bonchev–Trinajstić information content (AvgIpc) is 2.39. The highest BCUT2D eigenvalue weighted by molar-refractivity contribution is 5.99. The maximum absolute atomic E-state index is 4.65. The third-order valence-corrected chi connectivity index (χ3v) is 3.06. The zero-order valence-electron chi connectivity index (χ0n) is 9.80. The molecule has 0 N–H and O–H groups in total. The molecule has 0 spiro atoms. The van der Waals surface area contributed by atoms with E-state index in [2.05, 4.69) is 59.3 Å². The second-order valence-corrected chi connectivity index (χ2v) is 4.21. The van der Waals surface area contributed by atoms with Gasteiger partial charge in [0.05, 0.1) is 12.2 Å². The Morgan fingerprint density at radius 1 is 0.941 bits per heavy atom. The van der Waals surface area contributed by atoms with Crippen molar-refractivity contribution >= 4 is 17.2 Å². The lowest BCUT2D eigenvalue weighted by molar-refractivity contribution is 0.972. The first kappa shape index (κ1) is 10.1. The molecule has 0 aromatic heterocycles. The fourth-order valence-electron chi connectivity index (χ4n) is 2.16. The maximum atomic E-state index is 4.65. The Hall–Kier alpha value is -2.09. The Morgan fingerprint density at radius 3 is 2.47 bits per heavy atom. The van der Waals surface area contributed by atoms with Crippen LogP contribution in [-0.4, -0.2) is 5.84 Å². The molecule has 0 fully saturated rings. The van der Waals surface area contributed by atoms with Gasteiger partial charge in [-0.05, 0) is 30.7 Å². The second-order valence-electron chi connectivity index (χ2n) is 4.21. The lowest BCUT2D eigenvalue weighted by Crippen LogP contribution is -2.30. The number of hydrogen-bond donors (Lipinski definition) is 0. The summed E-state index contributed by atoms with van der Waals surface area (Å²) in [5.74, 6) is 1.05. The molecule has 3 rings (SSSR count). The molecule has 0 saturated carbocycles. The van der Waals surface area contributed by atoms with E-state index >= 15 is 0 Å². The first-order valence-corrected chi connectivity index (χ1v) is 5.80. The highest BCUT2D eigenvalue weighted by atomic mass is 15.2. The van der Waals surface area contributed by atoms with Crippen LogP contribution in [0.5, 0.6) is 0 Å². The minimum absolute atomic E-state index is 0.898. The van der Waals surface area contributed by atoms with Gasteiger partial charge in [-0.25, -0.2) is 4.99 Å². The molecule has 0 saturated heterocycles. The Balaban J connectivity index is 2.02. The minimum Gasteiger partial charge on any atom is -0.326 e. The van der Waals surface area contributed by atoms with E-state index in [4.69, 9.17) is 0 Å². The lowest BCUT2D eigenvalue weighted by atomic mass is 10.1. The van der Waals surface area contributed by atoms with Crippen LogP contribution in [0, 0.1) is 0 Å². The second kappa shape index (κ2) is 4.06. The first-order valence-electron chi connectivity index (χ1n) is 5.80. The number of fused-ring (bicyclic) bond motifs is 1. The number of amidine groups is 1. The van der Waals surface area contributed by atoms with Crippen LogP contribution in [0.3, 0.4) is 0 Å². The standard InChI is InChI=1S/C15H14N2/c1-12-16-15-10-6-5-7-13(15)11-17(12)14-8-3-2-4-9-14/h2-10H,11H2,1H3. The summed E-state index contributed by atoms with van der Waals surface area (Å²) < 4.78 is 0. The summed E-state index contributed by atoms with van der Waals surface area (Å²) in [4.78, 5) is 6.88. The van der Waals surface area contributed by atoms with E-state index in [1.807, 2.05) is 12.1 Å². The molecular formula is C15H14N2. The summed E-state index contributed by atoms with van der Waals surface area (Å²) in [5, 5.41) is 0. The van der Waals surface area contributed by atoms with Gasteiger partial charge in [0.2, 0.25) is 0 Å². The molecule has 2 heteroatoms. The van der Waals surface area contributed by atoms with E-state index in [1.165, 1.54) is 11.3 Å². The predicted molar refractivity (Wildman–Crippen MR) is 71.8 cm³/mol. The van der Waals surface area contributed by atoms with Gasteiger partial charge in [0.15, 0.2) is 0 Å². The van der Waals surface area contributed by atoms with Crippen molar-refractivity contribution in [2.24, 2.45) is 4.99 Å². The van der Waals surface area contributed by atoms with Crippen LogP contribution in [0.15, 0.2) is 59.6 Å². The van der Waals surface area contributed by atoms with Crippen molar-refractivity contribution in [1.82, 2.24) is 0 Å². The van der Waals surface area contributed by atoms with Crippen LogP contribution in [0.2, 0.25) is 0 Å². The Kier molecular flexibility index (Phi) is 2.41. The first-order chi connectivity index (χ1) is 8.34. The number of rotatable bonds is 1. The summed E-state index contributed by atoms with van der Waals surface area (Å²) in [6.45, 7) is 2.96. The number of benzene rings is 2. The van der Waals surface area contributed by atoms with Crippen molar-refractivity contribution in [2.75, 3.05) is 4.90 Å². The van der Waals surface area contributed by atoms with Gasteiger partial charge < -0.3 is 4.90 Å². The Bertz CT molecular complexity index is 558. The molecule has 0 radical (unpaired) electrons. The van der Waals surface area contributed by atoms with Gasteiger partial charge in [-0.1, -0.05) is 36.4 Å². The summed E-state index contributed by atoms with van der Waals surface area (Å²) in [6.07, 6.45) is 0. The van der Waals surface area contributed by atoms with Crippen LogP contribution >= 0.6 is 0 Å². The molecule has 0 amide bonds. The van der Waals surface area contributed by atoms with Crippen LogP contribution in [-0.2, 0) is 6.54 Å². The maximum Gasteiger partial charge on any atom is 0.106 e. The van der Waals surface area contributed by atoms with Crippen LogP contribution in [0.25, 0.3) is 0 Å². The quantitative estimate of drug-likeness (QED) is 0.717. The molecule has 1 aliphatic rings.